The second-order valence-corrected chi connectivity index (χ2v) is 6.17. The van der Waals surface area contributed by atoms with E-state index in [4.69, 9.17) is 0 Å². The van der Waals surface area contributed by atoms with Gasteiger partial charge in [-0.1, -0.05) is 30.3 Å². The van der Waals surface area contributed by atoms with Crippen molar-refractivity contribution in [1.82, 2.24) is 21.1 Å². The first-order chi connectivity index (χ1) is 11.2. The molecule has 0 spiro atoms. The van der Waals surface area contributed by atoms with E-state index >= 15 is 0 Å². The number of benzene rings is 1. The highest BCUT2D eigenvalue weighted by Crippen LogP contribution is 2.21. The van der Waals surface area contributed by atoms with Crippen molar-refractivity contribution in [2.24, 2.45) is 0 Å². The van der Waals surface area contributed by atoms with Gasteiger partial charge in [-0.3, -0.25) is 9.59 Å². The Balaban J connectivity index is 1.40. The minimum Gasteiger partial charge on any atom is -0.354 e. The average molecular weight is 316 g/mol. The van der Waals surface area contributed by atoms with Crippen LogP contribution in [-0.2, 0) is 9.59 Å². The third-order valence-electron chi connectivity index (χ3n) is 4.52. The fourth-order valence-corrected chi connectivity index (χ4v) is 3.17. The second kappa shape index (κ2) is 7.57. The number of carbonyl (C=O) groups is 2. The zero-order valence-electron chi connectivity index (χ0n) is 13.3. The molecule has 1 aromatic rings. The summed E-state index contributed by atoms with van der Waals surface area (Å²) in [5, 5.41) is 2.86. The van der Waals surface area contributed by atoms with E-state index in [9.17, 15) is 9.59 Å². The van der Waals surface area contributed by atoms with Crippen LogP contribution in [0.3, 0.4) is 0 Å². The summed E-state index contributed by atoms with van der Waals surface area (Å²) in [7, 11) is 0. The van der Waals surface area contributed by atoms with E-state index in [-0.39, 0.29) is 23.9 Å². The van der Waals surface area contributed by atoms with Crippen molar-refractivity contribution in [3.05, 3.63) is 35.9 Å². The summed E-state index contributed by atoms with van der Waals surface area (Å²) in [5.74, 6) is 0.0904. The predicted molar refractivity (Wildman–Crippen MR) is 87.3 cm³/mol. The van der Waals surface area contributed by atoms with E-state index in [0.717, 1.165) is 25.9 Å². The van der Waals surface area contributed by atoms with E-state index in [2.05, 4.69) is 16.2 Å². The predicted octanol–water partition coefficient (Wildman–Crippen LogP) is 0.723. The number of nitrogens with one attached hydrogen (secondary N) is 3. The number of likely N-dealkylation sites (tertiary alicyclic amines) is 1. The number of amides is 2. The van der Waals surface area contributed by atoms with E-state index < -0.39 is 0 Å². The first-order valence-electron chi connectivity index (χ1n) is 8.35. The van der Waals surface area contributed by atoms with Gasteiger partial charge in [-0.05, 0) is 24.8 Å². The molecule has 6 nitrogen and oxygen atoms in total. The van der Waals surface area contributed by atoms with Crippen LogP contribution < -0.4 is 16.2 Å². The summed E-state index contributed by atoms with van der Waals surface area (Å²) < 4.78 is 0. The number of nitrogens with zero attached hydrogens (tertiary/aromatic N) is 1. The number of rotatable bonds is 5. The molecule has 2 unspecified atom stereocenters. The molecule has 2 heterocycles. The highest BCUT2D eigenvalue weighted by Gasteiger charge is 2.29. The molecule has 2 fully saturated rings. The zero-order valence-corrected chi connectivity index (χ0v) is 13.3. The fourth-order valence-electron chi connectivity index (χ4n) is 3.17. The van der Waals surface area contributed by atoms with Gasteiger partial charge in [0.05, 0.1) is 0 Å². The molecule has 2 saturated heterocycles. The SMILES string of the molecule is O=C(NCCC(=O)N1CCCC1)C1CC(c2ccccc2)NN1. The summed E-state index contributed by atoms with van der Waals surface area (Å²) in [5.41, 5.74) is 7.37. The van der Waals surface area contributed by atoms with Crippen LogP contribution in [0.15, 0.2) is 30.3 Å². The highest BCUT2D eigenvalue weighted by atomic mass is 16.2. The summed E-state index contributed by atoms with van der Waals surface area (Å²) >= 11 is 0. The third-order valence-corrected chi connectivity index (χ3v) is 4.52. The lowest BCUT2D eigenvalue weighted by molar-refractivity contribution is -0.130. The monoisotopic (exact) mass is 316 g/mol. The van der Waals surface area contributed by atoms with Crippen LogP contribution >= 0.6 is 0 Å². The normalized spacial score (nSPS) is 23.9. The van der Waals surface area contributed by atoms with Gasteiger partial charge in [0.2, 0.25) is 11.8 Å². The average Bonchev–Trinajstić information content (AvgIpc) is 3.27. The molecule has 2 aliphatic rings. The van der Waals surface area contributed by atoms with Crippen LogP contribution in [0, 0.1) is 0 Å². The molecule has 1 aromatic carbocycles. The van der Waals surface area contributed by atoms with E-state index in [1.165, 1.54) is 5.56 Å². The Bertz CT molecular complexity index is 543. The Hall–Kier alpha value is -1.92. The largest absolute Gasteiger partial charge is 0.354 e. The number of hydrogen-bond acceptors (Lipinski definition) is 4. The van der Waals surface area contributed by atoms with Crippen LogP contribution in [0.1, 0.15) is 37.3 Å². The van der Waals surface area contributed by atoms with E-state index in [1.54, 1.807) is 0 Å². The molecule has 6 heteroatoms. The topological polar surface area (TPSA) is 73.5 Å². The Morgan fingerprint density at radius 1 is 1.13 bits per heavy atom. The first kappa shape index (κ1) is 16.0. The quantitative estimate of drug-likeness (QED) is 0.748. The molecule has 2 aliphatic heterocycles. The van der Waals surface area contributed by atoms with Crippen molar-refractivity contribution in [3.63, 3.8) is 0 Å². The fraction of sp³-hybridized carbons (Fsp3) is 0.529. The van der Waals surface area contributed by atoms with Crippen molar-refractivity contribution in [3.8, 4) is 0 Å². The number of hydrazine groups is 1. The van der Waals surface area contributed by atoms with Crippen molar-refractivity contribution >= 4 is 11.8 Å². The van der Waals surface area contributed by atoms with Gasteiger partial charge in [-0.25, -0.2) is 10.9 Å². The van der Waals surface area contributed by atoms with Crippen LogP contribution in [-0.4, -0.2) is 42.4 Å². The minimum atomic E-state index is -0.262. The van der Waals surface area contributed by atoms with Gasteiger partial charge in [0.1, 0.15) is 6.04 Å². The minimum absolute atomic E-state index is 0.0508. The van der Waals surface area contributed by atoms with Crippen molar-refractivity contribution in [1.29, 1.82) is 0 Å². The molecule has 3 N–H and O–H groups in total. The standard InChI is InChI=1S/C17H24N4O2/c22-16(21-10-4-5-11-21)8-9-18-17(23)15-12-14(19-20-15)13-6-2-1-3-7-13/h1-3,6-7,14-15,19-20H,4-5,8-12H2,(H,18,23). The second-order valence-electron chi connectivity index (χ2n) is 6.17. The maximum absolute atomic E-state index is 12.2. The lowest BCUT2D eigenvalue weighted by atomic mass is 10.0. The van der Waals surface area contributed by atoms with Crippen LogP contribution in [0.5, 0.6) is 0 Å². The molecule has 2 amide bonds. The van der Waals surface area contributed by atoms with Crippen molar-refractivity contribution < 1.29 is 9.59 Å². The van der Waals surface area contributed by atoms with Crippen LogP contribution in [0.2, 0.25) is 0 Å². The third kappa shape index (κ3) is 4.09. The van der Waals surface area contributed by atoms with Crippen LogP contribution in [0.4, 0.5) is 0 Å². The lowest BCUT2D eigenvalue weighted by Crippen LogP contribution is -2.44. The Labute approximate surface area is 136 Å². The van der Waals surface area contributed by atoms with Gasteiger partial charge >= 0.3 is 0 Å². The molecule has 0 aliphatic carbocycles. The molecule has 23 heavy (non-hydrogen) atoms. The molecule has 0 aromatic heterocycles. The first-order valence-corrected chi connectivity index (χ1v) is 8.35. The summed E-state index contributed by atoms with van der Waals surface area (Å²) in [6.07, 6.45) is 3.27. The van der Waals surface area contributed by atoms with Crippen molar-refractivity contribution in [2.45, 2.75) is 37.8 Å². The van der Waals surface area contributed by atoms with Gasteiger partial charge in [0.25, 0.3) is 0 Å². The zero-order chi connectivity index (χ0) is 16.1. The van der Waals surface area contributed by atoms with E-state index in [0.29, 0.717) is 19.4 Å². The van der Waals surface area contributed by atoms with E-state index in [1.807, 2.05) is 35.2 Å². The lowest BCUT2D eigenvalue weighted by Gasteiger charge is -2.16. The van der Waals surface area contributed by atoms with Gasteiger partial charge in [0.15, 0.2) is 0 Å². The molecular weight excluding hydrogens is 292 g/mol. The van der Waals surface area contributed by atoms with Crippen LogP contribution in [0.25, 0.3) is 0 Å². The maximum Gasteiger partial charge on any atom is 0.238 e. The van der Waals surface area contributed by atoms with Gasteiger partial charge in [-0.2, -0.15) is 0 Å². The summed E-state index contributed by atoms with van der Waals surface area (Å²) in [6.45, 7) is 2.13. The van der Waals surface area contributed by atoms with Gasteiger partial charge in [-0.15, -0.1) is 0 Å². The van der Waals surface area contributed by atoms with Gasteiger partial charge < -0.3 is 10.2 Å². The number of hydrogen-bond donors (Lipinski definition) is 3. The molecular formula is C17H24N4O2. The maximum atomic E-state index is 12.2. The van der Waals surface area contributed by atoms with Crippen molar-refractivity contribution in [2.75, 3.05) is 19.6 Å². The highest BCUT2D eigenvalue weighted by molar-refractivity contribution is 5.83. The summed E-state index contributed by atoms with van der Waals surface area (Å²) in [4.78, 5) is 26.0. The Kier molecular flexibility index (Phi) is 5.25. The van der Waals surface area contributed by atoms with Gasteiger partial charge in [0, 0.05) is 32.1 Å². The summed E-state index contributed by atoms with van der Waals surface area (Å²) in [6, 6.07) is 9.94. The molecule has 0 saturated carbocycles. The Morgan fingerprint density at radius 3 is 2.61 bits per heavy atom. The molecule has 2 atom stereocenters. The molecule has 124 valence electrons. The molecule has 0 radical (unpaired) electrons. The Morgan fingerprint density at radius 2 is 1.87 bits per heavy atom. The molecule has 0 bridgehead atoms. The molecule has 3 rings (SSSR count). The number of carbonyl (C=O) groups excluding carboxylic acids is 2. The smallest absolute Gasteiger partial charge is 0.238 e.